The summed E-state index contributed by atoms with van der Waals surface area (Å²) in [5.74, 6) is 1.43. The second-order valence-corrected chi connectivity index (χ2v) is 6.66. The zero-order valence-electron chi connectivity index (χ0n) is 12.8. The molecule has 128 valence electrons. The van der Waals surface area contributed by atoms with Crippen LogP contribution in [0.1, 0.15) is 24.2 Å². The lowest BCUT2D eigenvalue weighted by atomic mass is 9.99. The predicted molar refractivity (Wildman–Crippen MR) is 83.9 cm³/mol. The van der Waals surface area contributed by atoms with Crippen LogP contribution >= 0.6 is 11.8 Å². The summed E-state index contributed by atoms with van der Waals surface area (Å²) in [4.78, 5) is 15.6. The number of aromatic nitrogens is 1. The van der Waals surface area contributed by atoms with Gasteiger partial charge in [-0.3, -0.25) is 15.1 Å². The number of rotatable bonds is 8. The molecule has 2 unspecified atom stereocenters. The van der Waals surface area contributed by atoms with Crippen molar-refractivity contribution in [3.05, 3.63) is 23.5 Å². The van der Waals surface area contributed by atoms with E-state index >= 15 is 0 Å². The lowest BCUT2D eigenvalue weighted by molar-refractivity contribution is -0.140. The number of carbonyl (C=O) groups is 1. The number of carboxylic acids is 1. The third kappa shape index (κ3) is 5.62. The second-order valence-electron chi connectivity index (χ2n) is 5.51. The summed E-state index contributed by atoms with van der Waals surface area (Å²) < 4.78 is 29.3. The third-order valence-corrected chi connectivity index (χ3v) is 4.93. The van der Waals surface area contributed by atoms with E-state index in [1.54, 1.807) is 13.0 Å². The van der Waals surface area contributed by atoms with Gasteiger partial charge in [0, 0.05) is 12.2 Å². The molecule has 0 bridgehead atoms. The van der Waals surface area contributed by atoms with Crippen LogP contribution in [-0.4, -0.2) is 40.2 Å². The first-order chi connectivity index (χ1) is 11.0. The van der Waals surface area contributed by atoms with Crippen molar-refractivity contribution in [1.82, 2.24) is 10.3 Å². The molecule has 1 aliphatic rings. The lowest BCUT2D eigenvalue weighted by Crippen LogP contribution is -2.38. The van der Waals surface area contributed by atoms with Gasteiger partial charge in [-0.2, -0.15) is 20.5 Å². The highest BCUT2D eigenvalue weighted by molar-refractivity contribution is 7.99. The summed E-state index contributed by atoms with van der Waals surface area (Å²) in [6.45, 7) is -1.13. The molecule has 5 nitrogen and oxygen atoms in total. The summed E-state index contributed by atoms with van der Waals surface area (Å²) >= 11 is 1.83. The van der Waals surface area contributed by atoms with Crippen LogP contribution in [0.15, 0.2) is 12.1 Å². The highest BCUT2D eigenvalue weighted by Gasteiger charge is 2.25. The molecule has 1 fully saturated rings. The third-order valence-electron chi connectivity index (χ3n) is 3.69. The number of halogens is 2. The molecular weight excluding hydrogens is 326 g/mol. The Hall–Kier alpha value is -1.41. The van der Waals surface area contributed by atoms with E-state index in [-0.39, 0.29) is 18.0 Å². The van der Waals surface area contributed by atoms with Crippen LogP contribution in [0.25, 0.3) is 0 Å². The molecule has 2 N–H and O–H groups in total. The maximum Gasteiger partial charge on any atom is 0.387 e. The molecule has 8 heteroatoms. The van der Waals surface area contributed by atoms with E-state index in [2.05, 4.69) is 15.0 Å². The van der Waals surface area contributed by atoms with Gasteiger partial charge in [-0.1, -0.05) is 0 Å². The topological polar surface area (TPSA) is 71.5 Å². The fourth-order valence-electron chi connectivity index (χ4n) is 2.52. The van der Waals surface area contributed by atoms with E-state index in [1.165, 1.54) is 6.07 Å². The standard InChI is InChI=1S/C15H20F2N2O3S/c1-9-2-3-13(22-15(16)17)12(19-9)7-18-11(14(20)21)6-10-4-5-23-8-10/h2-3,10-11,15,18H,4-8H2,1H3,(H,20,21). The SMILES string of the molecule is Cc1ccc(OC(F)F)c(CNC(CC2CCSC2)C(=O)O)n1. The molecule has 0 radical (unpaired) electrons. The summed E-state index contributed by atoms with van der Waals surface area (Å²) in [5, 5.41) is 12.2. The number of thioether (sulfide) groups is 1. The predicted octanol–water partition coefficient (Wildman–Crippen LogP) is 2.68. The smallest absolute Gasteiger partial charge is 0.387 e. The molecule has 2 heterocycles. The van der Waals surface area contributed by atoms with Gasteiger partial charge in [0.2, 0.25) is 0 Å². The van der Waals surface area contributed by atoms with Crippen LogP contribution in [-0.2, 0) is 11.3 Å². The van der Waals surface area contributed by atoms with Gasteiger partial charge < -0.3 is 9.84 Å². The Labute approximate surface area is 137 Å². The van der Waals surface area contributed by atoms with Crippen LogP contribution in [0.3, 0.4) is 0 Å². The Morgan fingerprint density at radius 2 is 2.35 bits per heavy atom. The first-order valence-electron chi connectivity index (χ1n) is 7.41. The molecule has 0 aromatic carbocycles. The van der Waals surface area contributed by atoms with E-state index < -0.39 is 18.6 Å². The monoisotopic (exact) mass is 346 g/mol. The Bertz CT molecular complexity index is 539. The quantitative estimate of drug-likeness (QED) is 0.754. The average molecular weight is 346 g/mol. The minimum Gasteiger partial charge on any atom is -0.480 e. The van der Waals surface area contributed by atoms with Gasteiger partial charge in [-0.15, -0.1) is 0 Å². The Morgan fingerprint density at radius 1 is 1.57 bits per heavy atom. The van der Waals surface area contributed by atoms with Gasteiger partial charge in [-0.05, 0) is 49.3 Å². The van der Waals surface area contributed by atoms with Crippen molar-refractivity contribution >= 4 is 17.7 Å². The fraction of sp³-hybridized carbons (Fsp3) is 0.600. The van der Waals surface area contributed by atoms with Gasteiger partial charge in [0.1, 0.15) is 11.8 Å². The summed E-state index contributed by atoms with van der Waals surface area (Å²) in [6.07, 6.45) is 1.54. The maximum absolute atomic E-state index is 12.4. The number of carboxylic acid groups (broad SMARTS) is 1. The van der Waals surface area contributed by atoms with Crippen molar-refractivity contribution in [1.29, 1.82) is 0 Å². The number of aryl methyl sites for hydroxylation is 1. The molecule has 1 aliphatic heterocycles. The molecule has 1 aromatic rings. The van der Waals surface area contributed by atoms with Crippen LogP contribution < -0.4 is 10.1 Å². The number of nitrogens with one attached hydrogen (secondary N) is 1. The first-order valence-corrected chi connectivity index (χ1v) is 8.56. The van der Waals surface area contributed by atoms with Crippen molar-refractivity contribution in [2.24, 2.45) is 5.92 Å². The van der Waals surface area contributed by atoms with Crippen molar-refractivity contribution in [2.75, 3.05) is 11.5 Å². The minimum atomic E-state index is -2.94. The second kappa shape index (κ2) is 8.44. The van der Waals surface area contributed by atoms with Gasteiger partial charge >= 0.3 is 12.6 Å². The summed E-state index contributed by atoms with van der Waals surface area (Å²) in [5.41, 5.74) is 0.944. The van der Waals surface area contributed by atoms with Gasteiger partial charge in [0.25, 0.3) is 0 Å². The molecule has 0 aliphatic carbocycles. The highest BCUT2D eigenvalue weighted by Crippen LogP contribution is 2.27. The van der Waals surface area contributed by atoms with Crippen molar-refractivity contribution in [2.45, 2.75) is 39.0 Å². The number of ether oxygens (including phenoxy) is 1. The Kier molecular flexibility index (Phi) is 6.59. The van der Waals surface area contributed by atoms with Crippen LogP contribution in [0, 0.1) is 12.8 Å². The summed E-state index contributed by atoms with van der Waals surface area (Å²) in [6, 6.07) is 2.28. The molecule has 23 heavy (non-hydrogen) atoms. The van der Waals surface area contributed by atoms with Gasteiger partial charge in [0.15, 0.2) is 0 Å². The number of pyridine rings is 1. The lowest BCUT2D eigenvalue weighted by Gasteiger charge is -2.18. The van der Waals surface area contributed by atoms with Crippen LogP contribution in [0.4, 0.5) is 8.78 Å². The number of aliphatic carboxylic acids is 1. The van der Waals surface area contributed by atoms with Crippen molar-refractivity contribution in [3.8, 4) is 5.75 Å². The molecular formula is C15H20F2N2O3S. The molecule has 2 rings (SSSR count). The van der Waals surface area contributed by atoms with Gasteiger partial charge in [0.05, 0.1) is 5.69 Å². The number of hydrogen-bond acceptors (Lipinski definition) is 5. The zero-order valence-corrected chi connectivity index (χ0v) is 13.6. The normalized spacial score (nSPS) is 19.0. The average Bonchev–Trinajstić information content (AvgIpc) is 2.98. The van der Waals surface area contributed by atoms with E-state index in [1.807, 2.05) is 11.8 Å². The number of nitrogens with zero attached hydrogens (tertiary/aromatic N) is 1. The Morgan fingerprint density at radius 3 is 2.96 bits per heavy atom. The van der Waals surface area contributed by atoms with E-state index in [4.69, 9.17) is 0 Å². The van der Waals surface area contributed by atoms with Crippen LogP contribution in [0.2, 0.25) is 0 Å². The minimum absolute atomic E-state index is 0.0290. The Balaban J connectivity index is 2.01. The van der Waals surface area contributed by atoms with Crippen molar-refractivity contribution in [3.63, 3.8) is 0 Å². The number of hydrogen-bond donors (Lipinski definition) is 2. The van der Waals surface area contributed by atoms with E-state index in [9.17, 15) is 18.7 Å². The van der Waals surface area contributed by atoms with Gasteiger partial charge in [-0.25, -0.2) is 0 Å². The fourth-order valence-corrected chi connectivity index (χ4v) is 3.82. The highest BCUT2D eigenvalue weighted by atomic mass is 32.2. The van der Waals surface area contributed by atoms with Crippen LogP contribution in [0.5, 0.6) is 5.75 Å². The molecule has 0 amide bonds. The summed E-state index contributed by atoms with van der Waals surface area (Å²) in [7, 11) is 0. The number of alkyl halides is 2. The molecule has 0 saturated carbocycles. The maximum atomic E-state index is 12.4. The molecule has 2 atom stereocenters. The van der Waals surface area contributed by atoms with E-state index in [0.717, 1.165) is 17.9 Å². The molecule has 1 aromatic heterocycles. The van der Waals surface area contributed by atoms with Crippen molar-refractivity contribution < 1.29 is 23.4 Å². The first kappa shape index (κ1) is 17.9. The molecule has 0 spiro atoms. The van der Waals surface area contributed by atoms with E-state index in [0.29, 0.717) is 18.0 Å². The zero-order chi connectivity index (χ0) is 16.8. The molecule has 1 saturated heterocycles. The largest absolute Gasteiger partial charge is 0.480 e.